The molecular weight excluding hydrogens is 357 g/mol. The Morgan fingerprint density at radius 1 is 1.47 bits per heavy atom. The number of benzene rings is 1. The van der Waals surface area contributed by atoms with E-state index in [1.165, 1.54) is 23.5 Å². The first kappa shape index (κ1) is 14.3. The number of aromatic carboxylic acids is 1. The summed E-state index contributed by atoms with van der Waals surface area (Å²) >= 11 is 10.3. The molecule has 7 heteroatoms. The van der Waals surface area contributed by atoms with Crippen LogP contribution in [0.5, 0.6) is 0 Å². The number of halogens is 3. The Morgan fingerprint density at radius 2 is 2.21 bits per heavy atom. The van der Waals surface area contributed by atoms with Gasteiger partial charge >= 0.3 is 5.97 Å². The number of rotatable bonds is 4. The first-order valence-corrected chi connectivity index (χ1v) is 7.16. The van der Waals surface area contributed by atoms with Crippen molar-refractivity contribution in [3.8, 4) is 0 Å². The molecule has 0 unspecified atom stereocenters. The van der Waals surface area contributed by atoms with E-state index < -0.39 is 11.8 Å². The fourth-order valence-electron chi connectivity index (χ4n) is 1.47. The van der Waals surface area contributed by atoms with Gasteiger partial charge in [-0.15, -0.1) is 11.3 Å². The summed E-state index contributed by atoms with van der Waals surface area (Å²) in [6, 6.07) is 5.80. The van der Waals surface area contributed by atoms with Crippen LogP contribution in [-0.4, -0.2) is 11.1 Å². The molecule has 0 bridgehead atoms. The van der Waals surface area contributed by atoms with Crippen LogP contribution in [0.1, 0.15) is 14.5 Å². The maximum absolute atomic E-state index is 13.1. The summed E-state index contributed by atoms with van der Waals surface area (Å²) in [6.45, 7) is 0.419. The van der Waals surface area contributed by atoms with Crippen molar-refractivity contribution in [1.82, 2.24) is 0 Å². The third-order valence-electron chi connectivity index (χ3n) is 2.32. The zero-order valence-electron chi connectivity index (χ0n) is 9.41. The van der Waals surface area contributed by atoms with Gasteiger partial charge in [0.1, 0.15) is 10.7 Å². The van der Waals surface area contributed by atoms with Gasteiger partial charge in [-0.2, -0.15) is 0 Å². The molecule has 0 amide bonds. The standard InChI is InChI=1S/C12H8BrClFNO2S/c13-8-3-6(15)4-9(14)11(8)16-5-7-1-2-10(19-7)12(17)18/h1-4,16H,5H2,(H,17,18). The molecule has 1 aromatic heterocycles. The molecular formula is C12H8BrClFNO2S. The summed E-state index contributed by atoms with van der Waals surface area (Å²) in [6.07, 6.45) is 0. The van der Waals surface area contributed by atoms with E-state index in [1.54, 1.807) is 12.1 Å². The zero-order valence-corrected chi connectivity index (χ0v) is 12.6. The third-order valence-corrected chi connectivity index (χ3v) is 4.32. The monoisotopic (exact) mass is 363 g/mol. The van der Waals surface area contributed by atoms with Crippen LogP contribution < -0.4 is 5.32 Å². The molecule has 0 spiro atoms. The predicted octanol–water partition coefficient (Wildman–Crippen LogP) is 4.61. The highest BCUT2D eigenvalue weighted by Gasteiger charge is 2.10. The van der Waals surface area contributed by atoms with Gasteiger partial charge < -0.3 is 10.4 Å². The van der Waals surface area contributed by atoms with Crippen molar-refractivity contribution in [2.24, 2.45) is 0 Å². The SMILES string of the molecule is O=C(O)c1ccc(CNc2c(Cl)cc(F)cc2Br)s1. The van der Waals surface area contributed by atoms with Gasteiger partial charge in [-0.25, -0.2) is 9.18 Å². The van der Waals surface area contributed by atoms with E-state index in [-0.39, 0.29) is 9.90 Å². The lowest BCUT2D eigenvalue weighted by Crippen LogP contribution is -1.99. The summed E-state index contributed by atoms with van der Waals surface area (Å²) in [5.74, 6) is -1.37. The molecule has 1 aromatic carbocycles. The molecule has 19 heavy (non-hydrogen) atoms. The van der Waals surface area contributed by atoms with Crippen molar-refractivity contribution in [2.45, 2.75) is 6.54 Å². The van der Waals surface area contributed by atoms with Gasteiger partial charge in [-0.05, 0) is 40.2 Å². The molecule has 2 rings (SSSR count). The molecule has 0 saturated carbocycles. The molecule has 3 nitrogen and oxygen atoms in total. The smallest absolute Gasteiger partial charge is 0.345 e. The number of thiophene rings is 1. The van der Waals surface area contributed by atoms with Gasteiger partial charge in [-0.1, -0.05) is 11.6 Å². The number of anilines is 1. The molecule has 0 saturated heterocycles. The average molecular weight is 365 g/mol. The quantitative estimate of drug-likeness (QED) is 0.832. The van der Waals surface area contributed by atoms with Gasteiger partial charge in [0.25, 0.3) is 0 Å². The molecule has 0 aliphatic rings. The van der Waals surface area contributed by atoms with Crippen LogP contribution in [0.4, 0.5) is 10.1 Å². The van der Waals surface area contributed by atoms with Crippen LogP contribution in [0, 0.1) is 5.82 Å². The first-order chi connectivity index (χ1) is 8.97. The topological polar surface area (TPSA) is 49.3 Å². The van der Waals surface area contributed by atoms with Gasteiger partial charge in [0.2, 0.25) is 0 Å². The molecule has 1 heterocycles. The van der Waals surface area contributed by atoms with Crippen LogP contribution in [-0.2, 0) is 6.54 Å². The number of carboxylic acid groups (broad SMARTS) is 1. The Hall–Kier alpha value is -1.11. The summed E-state index contributed by atoms with van der Waals surface area (Å²) in [7, 11) is 0. The number of carboxylic acids is 1. The van der Waals surface area contributed by atoms with Crippen LogP contribution in [0.2, 0.25) is 5.02 Å². The minimum atomic E-state index is -0.947. The van der Waals surface area contributed by atoms with Gasteiger partial charge in [0.15, 0.2) is 0 Å². The lowest BCUT2D eigenvalue weighted by atomic mass is 10.3. The van der Waals surface area contributed by atoms with Gasteiger partial charge in [0, 0.05) is 15.9 Å². The largest absolute Gasteiger partial charge is 0.477 e. The van der Waals surface area contributed by atoms with E-state index in [2.05, 4.69) is 21.2 Å². The van der Waals surface area contributed by atoms with Crippen molar-refractivity contribution in [3.05, 3.63) is 49.3 Å². The lowest BCUT2D eigenvalue weighted by molar-refractivity contribution is 0.0702. The Kier molecular flexibility index (Phi) is 4.44. The average Bonchev–Trinajstić information content (AvgIpc) is 2.76. The molecule has 0 atom stereocenters. The van der Waals surface area contributed by atoms with Crippen molar-refractivity contribution in [2.75, 3.05) is 5.32 Å². The van der Waals surface area contributed by atoms with Crippen molar-refractivity contribution in [1.29, 1.82) is 0 Å². The molecule has 100 valence electrons. The highest BCUT2D eigenvalue weighted by atomic mass is 79.9. The van der Waals surface area contributed by atoms with E-state index in [9.17, 15) is 9.18 Å². The molecule has 0 aliphatic heterocycles. The summed E-state index contributed by atoms with van der Waals surface area (Å²) in [4.78, 5) is 11.9. The molecule has 0 aliphatic carbocycles. The van der Waals surface area contributed by atoms with Crippen LogP contribution in [0.15, 0.2) is 28.7 Å². The second-order valence-electron chi connectivity index (χ2n) is 3.67. The Balaban J connectivity index is 2.12. The fourth-order valence-corrected chi connectivity index (χ4v) is 3.22. The third kappa shape index (κ3) is 3.46. The fraction of sp³-hybridized carbons (Fsp3) is 0.0833. The van der Waals surface area contributed by atoms with Crippen LogP contribution >= 0.6 is 38.9 Å². The highest BCUT2D eigenvalue weighted by molar-refractivity contribution is 9.10. The first-order valence-electron chi connectivity index (χ1n) is 5.18. The number of hydrogen-bond donors (Lipinski definition) is 2. The van der Waals surface area contributed by atoms with E-state index in [0.29, 0.717) is 16.7 Å². The van der Waals surface area contributed by atoms with E-state index in [1.807, 2.05) is 0 Å². The van der Waals surface area contributed by atoms with Gasteiger partial charge in [0.05, 0.1) is 10.7 Å². The Bertz CT molecular complexity index is 609. The predicted molar refractivity (Wildman–Crippen MR) is 77.7 cm³/mol. The van der Waals surface area contributed by atoms with Crippen molar-refractivity contribution in [3.63, 3.8) is 0 Å². The highest BCUT2D eigenvalue weighted by Crippen LogP contribution is 2.32. The summed E-state index contributed by atoms with van der Waals surface area (Å²) < 4.78 is 13.6. The normalized spacial score (nSPS) is 10.5. The van der Waals surface area contributed by atoms with E-state index in [4.69, 9.17) is 16.7 Å². The van der Waals surface area contributed by atoms with Crippen LogP contribution in [0.3, 0.4) is 0 Å². The van der Waals surface area contributed by atoms with E-state index >= 15 is 0 Å². The maximum Gasteiger partial charge on any atom is 0.345 e. The second-order valence-corrected chi connectivity index (χ2v) is 6.10. The molecule has 0 fully saturated rings. The number of carbonyl (C=O) groups is 1. The molecule has 0 radical (unpaired) electrons. The number of nitrogens with one attached hydrogen (secondary N) is 1. The van der Waals surface area contributed by atoms with Gasteiger partial charge in [-0.3, -0.25) is 0 Å². The second kappa shape index (κ2) is 5.90. The Morgan fingerprint density at radius 3 is 2.79 bits per heavy atom. The molecule has 2 N–H and O–H groups in total. The van der Waals surface area contributed by atoms with Crippen molar-refractivity contribution >= 4 is 50.5 Å². The minimum Gasteiger partial charge on any atom is -0.477 e. The number of hydrogen-bond acceptors (Lipinski definition) is 3. The lowest BCUT2D eigenvalue weighted by Gasteiger charge is -2.09. The maximum atomic E-state index is 13.1. The molecule has 2 aromatic rings. The summed E-state index contributed by atoms with van der Waals surface area (Å²) in [5, 5.41) is 12.1. The minimum absolute atomic E-state index is 0.266. The summed E-state index contributed by atoms with van der Waals surface area (Å²) in [5.41, 5.74) is 0.577. The Labute approximate surface area is 126 Å². The van der Waals surface area contributed by atoms with Crippen LogP contribution in [0.25, 0.3) is 0 Å². The van der Waals surface area contributed by atoms with E-state index in [0.717, 1.165) is 4.88 Å². The van der Waals surface area contributed by atoms with Crippen molar-refractivity contribution < 1.29 is 14.3 Å². The zero-order chi connectivity index (χ0) is 14.0.